The van der Waals surface area contributed by atoms with Crippen molar-refractivity contribution < 1.29 is 24.3 Å². The Morgan fingerprint density at radius 3 is 2.32 bits per heavy atom. The SMILES string of the molecule is C[C@H](NC(=O)[C@H](C)NC(=O)[C@@H]1CCCN1)C(=O)NCC(=O)O. The lowest BCUT2D eigenvalue weighted by Gasteiger charge is -2.19. The van der Waals surface area contributed by atoms with Crippen LogP contribution in [0.2, 0.25) is 0 Å². The summed E-state index contributed by atoms with van der Waals surface area (Å²) in [5, 5.41) is 18.6. The smallest absolute Gasteiger partial charge is 0.322 e. The molecule has 124 valence electrons. The minimum atomic E-state index is -1.17. The first-order chi connectivity index (χ1) is 10.3. The topological polar surface area (TPSA) is 137 Å². The zero-order valence-corrected chi connectivity index (χ0v) is 12.6. The molecule has 3 amide bonds. The highest BCUT2D eigenvalue weighted by Crippen LogP contribution is 2.04. The number of amides is 3. The molecule has 1 heterocycles. The molecule has 0 aromatic carbocycles. The molecule has 5 N–H and O–H groups in total. The predicted octanol–water partition coefficient (Wildman–Crippen LogP) is -2.05. The van der Waals surface area contributed by atoms with Gasteiger partial charge in [-0.15, -0.1) is 0 Å². The molecule has 1 fully saturated rings. The number of carbonyl (C=O) groups excluding carboxylic acids is 3. The van der Waals surface area contributed by atoms with Crippen molar-refractivity contribution in [2.75, 3.05) is 13.1 Å². The van der Waals surface area contributed by atoms with Crippen LogP contribution in [0, 0.1) is 0 Å². The van der Waals surface area contributed by atoms with Crippen LogP contribution in [0.25, 0.3) is 0 Å². The normalized spacial score (nSPS) is 19.8. The fraction of sp³-hybridized carbons (Fsp3) is 0.692. The fourth-order valence-corrected chi connectivity index (χ4v) is 2.01. The first-order valence-corrected chi connectivity index (χ1v) is 7.15. The first kappa shape index (κ1) is 17.9. The maximum atomic E-state index is 11.9. The van der Waals surface area contributed by atoms with E-state index < -0.39 is 36.4 Å². The quantitative estimate of drug-likeness (QED) is 0.367. The number of carbonyl (C=O) groups is 4. The van der Waals surface area contributed by atoms with Crippen LogP contribution in [0.3, 0.4) is 0 Å². The van der Waals surface area contributed by atoms with Crippen LogP contribution in [0.1, 0.15) is 26.7 Å². The Bertz CT molecular complexity index is 448. The lowest BCUT2D eigenvalue weighted by Crippen LogP contribution is -2.54. The molecule has 3 atom stereocenters. The third kappa shape index (κ3) is 5.68. The number of carboxylic acids is 1. The fourth-order valence-electron chi connectivity index (χ4n) is 2.01. The van der Waals surface area contributed by atoms with Crippen molar-refractivity contribution in [2.45, 2.75) is 44.8 Å². The molecular weight excluding hydrogens is 292 g/mol. The lowest BCUT2D eigenvalue weighted by molar-refractivity contribution is -0.138. The number of rotatable bonds is 7. The summed E-state index contributed by atoms with van der Waals surface area (Å²) in [6.45, 7) is 3.21. The van der Waals surface area contributed by atoms with Gasteiger partial charge in [0.25, 0.3) is 0 Å². The highest BCUT2D eigenvalue weighted by molar-refractivity contribution is 5.93. The Labute approximate surface area is 128 Å². The van der Waals surface area contributed by atoms with Gasteiger partial charge < -0.3 is 26.4 Å². The number of hydrogen-bond donors (Lipinski definition) is 5. The van der Waals surface area contributed by atoms with E-state index in [0.29, 0.717) is 0 Å². The number of nitrogens with one attached hydrogen (secondary N) is 4. The Balaban J connectivity index is 2.37. The Morgan fingerprint density at radius 2 is 1.77 bits per heavy atom. The second-order valence-electron chi connectivity index (χ2n) is 5.22. The highest BCUT2D eigenvalue weighted by atomic mass is 16.4. The van der Waals surface area contributed by atoms with E-state index in [1.807, 2.05) is 0 Å². The molecule has 1 aliphatic rings. The summed E-state index contributed by atoms with van der Waals surface area (Å²) in [5.74, 6) is -2.53. The van der Waals surface area contributed by atoms with E-state index in [0.717, 1.165) is 19.4 Å². The van der Waals surface area contributed by atoms with Crippen LogP contribution < -0.4 is 21.3 Å². The molecule has 0 radical (unpaired) electrons. The van der Waals surface area contributed by atoms with Crippen molar-refractivity contribution in [1.29, 1.82) is 0 Å². The van der Waals surface area contributed by atoms with Crippen molar-refractivity contribution in [3.8, 4) is 0 Å². The second kappa shape index (κ2) is 8.32. The minimum Gasteiger partial charge on any atom is -0.480 e. The van der Waals surface area contributed by atoms with E-state index in [4.69, 9.17) is 5.11 Å². The summed E-state index contributed by atoms with van der Waals surface area (Å²) in [6, 6.07) is -1.97. The predicted molar refractivity (Wildman–Crippen MR) is 76.9 cm³/mol. The first-order valence-electron chi connectivity index (χ1n) is 7.15. The molecule has 0 unspecified atom stereocenters. The van der Waals surface area contributed by atoms with Gasteiger partial charge in [0.2, 0.25) is 17.7 Å². The van der Waals surface area contributed by atoms with Gasteiger partial charge in [0.05, 0.1) is 6.04 Å². The molecular formula is C13H22N4O5. The monoisotopic (exact) mass is 314 g/mol. The average molecular weight is 314 g/mol. The van der Waals surface area contributed by atoms with Crippen molar-refractivity contribution >= 4 is 23.7 Å². The van der Waals surface area contributed by atoms with E-state index in [-0.39, 0.29) is 11.9 Å². The summed E-state index contributed by atoms with van der Waals surface area (Å²) < 4.78 is 0. The molecule has 9 nitrogen and oxygen atoms in total. The van der Waals surface area contributed by atoms with Crippen LogP contribution in [-0.2, 0) is 19.2 Å². The van der Waals surface area contributed by atoms with Gasteiger partial charge in [-0.1, -0.05) is 0 Å². The van der Waals surface area contributed by atoms with Crippen molar-refractivity contribution in [3.63, 3.8) is 0 Å². The van der Waals surface area contributed by atoms with Gasteiger partial charge in [0, 0.05) is 0 Å². The Hall–Kier alpha value is -2.16. The maximum Gasteiger partial charge on any atom is 0.322 e. The summed E-state index contributed by atoms with van der Waals surface area (Å²) in [6.07, 6.45) is 1.65. The molecule has 9 heteroatoms. The molecule has 1 saturated heterocycles. The largest absolute Gasteiger partial charge is 0.480 e. The molecule has 22 heavy (non-hydrogen) atoms. The Morgan fingerprint density at radius 1 is 1.14 bits per heavy atom. The molecule has 1 aliphatic heterocycles. The van der Waals surface area contributed by atoms with Gasteiger partial charge in [0.15, 0.2) is 0 Å². The highest BCUT2D eigenvalue weighted by Gasteiger charge is 2.26. The Kier molecular flexibility index (Phi) is 6.77. The summed E-state index contributed by atoms with van der Waals surface area (Å²) in [5.41, 5.74) is 0. The summed E-state index contributed by atoms with van der Waals surface area (Å²) in [7, 11) is 0. The molecule has 0 aromatic heterocycles. The van der Waals surface area contributed by atoms with E-state index in [2.05, 4.69) is 21.3 Å². The molecule has 0 saturated carbocycles. The molecule has 0 spiro atoms. The van der Waals surface area contributed by atoms with Crippen molar-refractivity contribution in [2.24, 2.45) is 0 Å². The van der Waals surface area contributed by atoms with Crippen LogP contribution >= 0.6 is 0 Å². The third-order valence-corrected chi connectivity index (χ3v) is 3.29. The molecule has 0 aliphatic carbocycles. The maximum absolute atomic E-state index is 11.9. The minimum absolute atomic E-state index is 0.247. The molecule has 0 aromatic rings. The van der Waals surface area contributed by atoms with Gasteiger partial charge in [-0.2, -0.15) is 0 Å². The second-order valence-corrected chi connectivity index (χ2v) is 5.22. The zero-order chi connectivity index (χ0) is 16.7. The van der Waals surface area contributed by atoms with Crippen molar-refractivity contribution in [1.82, 2.24) is 21.3 Å². The zero-order valence-electron chi connectivity index (χ0n) is 12.6. The van der Waals surface area contributed by atoms with Gasteiger partial charge in [0.1, 0.15) is 18.6 Å². The van der Waals surface area contributed by atoms with E-state index >= 15 is 0 Å². The molecule has 1 rings (SSSR count). The lowest BCUT2D eigenvalue weighted by atomic mass is 10.2. The standard InChI is InChI=1S/C13H22N4O5/c1-7(11(20)15-6-10(18)19)16-12(21)8(2)17-13(22)9-4-3-5-14-9/h7-9,14H,3-6H2,1-2H3,(H,15,20)(H,16,21)(H,17,22)(H,18,19)/t7-,8-,9-/m0/s1. The van der Waals surface area contributed by atoms with Crippen molar-refractivity contribution in [3.05, 3.63) is 0 Å². The van der Waals surface area contributed by atoms with Crippen LogP contribution in [0.5, 0.6) is 0 Å². The average Bonchev–Trinajstić information content (AvgIpc) is 2.98. The van der Waals surface area contributed by atoms with Crippen LogP contribution in [0.4, 0.5) is 0 Å². The molecule has 0 bridgehead atoms. The number of carboxylic acid groups (broad SMARTS) is 1. The van der Waals surface area contributed by atoms with Gasteiger partial charge in [-0.25, -0.2) is 0 Å². The summed E-state index contributed by atoms with van der Waals surface area (Å²) in [4.78, 5) is 45.7. The van der Waals surface area contributed by atoms with Gasteiger partial charge in [-0.05, 0) is 33.2 Å². The van der Waals surface area contributed by atoms with E-state index in [9.17, 15) is 19.2 Å². The summed E-state index contributed by atoms with van der Waals surface area (Å²) >= 11 is 0. The van der Waals surface area contributed by atoms with E-state index in [1.54, 1.807) is 0 Å². The van der Waals surface area contributed by atoms with Gasteiger partial charge in [-0.3, -0.25) is 19.2 Å². The number of hydrogen-bond acceptors (Lipinski definition) is 5. The number of aliphatic carboxylic acids is 1. The van der Waals surface area contributed by atoms with Crippen LogP contribution in [-0.4, -0.2) is 60.0 Å². The van der Waals surface area contributed by atoms with E-state index in [1.165, 1.54) is 13.8 Å². The van der Waals surface area contributed by atoms with Gasteiger partial charge >= 0.3 is 5.97 Å². The third-order valence-electron chi connectivity index (χ3n) is 3.29. The van der Waals surface area contributed by atoms with Crippen LogP contribution in [0.15, 0.2) is 0 Å².